The molecule has 0 aliphatic heterocycles. The van der Waals surface area contributed by atoms with Crippen LogP contribution >= 0.6 is 11.3 Å². The fraction of sp³-hybridized carbons (Fsp3) is 0.238. The van der Waals surface area contributed by atoms with E-state index < -0.39 is 5.41 Å². The fourth-order valence-corrected chi connectivity index (χ4v) is 4.45. The van der Waals surface area contributed by atoms with Crippen LogP contribution in [0.5, 0.6) is 0 Å². The van der Waals surface area contributed by atoms with Crippen molar-refractivity contribution in [3.8, 4) is 6.07 Å². The number of benzene rings is 2. The van der Waals surface area contributed by atoms with Crippen LogP contribution in [0.3, 0.4) is 0 Å². The third kappa shape index (κ3) is 3.00. The van der Waals surface area contributed by atoms with E-state index in [0.29, 0.717) is 17.1 Å². The van der Waals surface area contributed by atoms with E-state index in [-0.39, 0.29) is 11.8 Å². The molecule has 1 aliphatic carbocycles. The van der Waals surface area contributed by atoms with Gasteiger partial charge in [-0.25, -0.2) is 0 Å². The van der Waals surface area contributed by atoms with Crippen LogP contribution in [0.15, 0.2) is 48.0 Å². The summed E-state index contributed by atoms with van der Waals surface area (Å²) in [6.07, 6.45) is 0.608. The van der Waals surface area contributed by atoms with Crippen LogP contribution in [0.25, 0.3) is 0 Å². The summed E-state index contributed by atoms with van der Waals surface area (Å²) in [4.78, 5) is 13.3. The van der Waals surface area contributed by atoms with Crippen LogP contribution in [-0.4, -0.2) is 16.1 Å². The van der Waals surface area contributed by atoms with Gasteiger partial charge in [0.05, 0.1) is 17.0 Å². The quantitative estimate of drug-likeness (QED) is 0.750. The van der Waals surface area contributed by atoms with E-state index >= 15 is 0 Å². The molecular weight excluding hydrogens is 356 g/mol. The van der Waals surface area contributed by atoms with Gasteiger partial charge in [0, 0.05) is 5.92 Å². The Kier molecular flexibility index (Phi) is 4.25. The Labute approximate surface area is 161 Å². The van der Waals surface area contributed by atoms with Crippen LogP contribution in [0.1, 0.15) is 40.7 Å². The summed E-state index contributed by atoms with van der Waals surface area (Å²) in [5, 5.41) is 20.5. The summed E-state index contributed by atoms with van der Waals surface area (Å²) in [7, 11) is 0. The minimum atomic E-state index is -0.685. The van der Waals surface area contributed by atoms with Crippen molar-refractivity contribution in [3.63, 3.8) is 0 Å². The number of carbonyl (C=O) groups excluding carboxylic acids is 1. The molecular formula is C21H18N4OS. The van der Waals surface area contributed by atoms with E-state index in [0.717, 1.165) is 22.3 Å². The van der Waals surface area contributed by atoms with Gasteiger partial charge in [-0.05, 0) is 49.1 Å². The Bertz CT molecular complexity index is 1050. The van der Waals surface area contributed by atoms with Gasteiger partial charge in [0.2, 0.25) is 11.0 Å². The van der Waals surface area contributed by atoms with Gasteiger partial charge in [0.1, 0.15) is 5.51 Å². The van der Waals surface area contributed by atoms with Crippen molar-refractivity contribution in [2.45, 2.75) is 26.2 Å². The molecule has 6 heteroatoms. The molecule has 1 aliphatic rings. The average molecular weight is 374 g/mol. The van der Waals surface area contributed by atoms with E-state index in [1.807, 2.05) is 44.2 Å². The normalized spacial score (nSPS) is 20.7. The minimum Gasteiger partial charge on any atom is -0.300 e. The topological polar surface area (TPSA) is 78.7 Å². The van der Waals surface area contributed by atoms with Gasteiger partial charge < -0.3 is 5.32 Å². The molecule has 134 valence electrons. The smallest absolute Gasteiger partial charge is 0.233 e. The SMILES string of the molecule is Cc1cccc(C2c3cc(C#N)ccc3CC2(C)C(=O)Nc2nncs2)c1. The molecule has 0 radical (unpaired) electrons. The number of hydrogen-bond donors (Lipinski definition) is 1. The highest BCUT2D eigenvalue weighted by molar-refractivity contribution is 7.13. The predicted molar refractivity (Wildman–Crippen MR) is 105 cm³/mol. The number of hydrogen-bond acceptors (Lipinski definition) is 5. The number of nitriles is 1. The number of rotatable bonds is 3. The summed E-state index contributed by atoms with van der Waals surface area (Å²) in [5.74, 6) is -0.214. The Morgan fingerprint density at radius 1 is 1.33 bits per heavy atom. The minimum absolute atomic E-state index is 0.0829. The summed E-state index contributed by atoms with van der Waals surface area (Å²) < 4.78 is 0. The third-order valence-electron chi connectivity index (χ3n) is 5.26. The molecule has 3 aromatic rings. The van der Waals surface area contributed by atoms with Crippen molar-refractivity contribution in [3.05, 3.63) is 75.8 Å². The molecule has 0 saturated heterocycles. The molecule has 5 nitrogen and oxygen atoms in total. The standard InChI is InChI=1S/C21H18N4OS/c1-13-4-3-5-15(8-13)18-17-9-14(11-22)6-7-16(17)10-21(18,2)19(26)24-20-25-23-12-27-20/h3-9,12,18H,10H2,1-2H3,(H,24,25,26). The van der Waals surface area contributed by atoms with E-state index in [1.165, 1.54) is 11.3 Å². The highest BCUT2D eigenvalue weighted by Crippen LogP contribution is 2.51. The van der Waals surface area contributed by atoms with Crippen molar-refractivity contribution in [1.82, 2.24) is 10.2 Å². The van der Waals surface area contributed by atoms with Crippen molar-refractivity contribution >= 4 is 22.4 Å². The molecule has 2 aromatic carbocycles. The maximum atomic E-state index is 13.3. The fourth-order valence-electron chi connectivity index (χ4n) is 4.01. The van der Waals surface area contributed by atoms with Crippen LogP contribution in [0.2, 0.25) is 0 Å². The van der Waals surface area contributed by atoms with Crippen LogP contribution in [0, 0.1) is 23.7 Å². The molecule has 0 spiro atoms. The summed E-state index contributed by atoms with van der Waals surface area (Å²) in [6, 6.07) is 16.2. The van der Waals surface area contributed by atoms with E-state index in [4.69, 9.17) is 0 Å². The number of carbonyl (C=O) groups is 1. The highest BCUT2D eigenvalue weighted by atomic mass is 32.1. The number of fused-ring (bicyclic) bond motifs is 1. The summed E-state index contributed by atoms with van der Waals surface area (Å²) in [5.41, 5.74) is 5.90. The average Bonchev–Trinajstić information content (AvgIpc) is 3.26. The Balaban J connectivity index is 1.83. The highest BCUT2D eigenvalue weighted by Gasteiger charge is 2.49. The molecule has 0 saturated carbocycles. The number of nitrogens with one attached hydrogen (secondary N) is 1. The van der Waals surface area contributed by atoms with Crippen molar-refractivity contribution in [2.24, 2.45) is 5.41 Å². The Hall–Kier alpha value is -3.04. The lowest BCUT2D eigenvalue weighted by atomic mass is 9.73. The lowest BCUT2D eigenvalue weighted by Gasteiger charge is -2.31. The zero-order valence-electron chi connectivity index (χ0n) is 15.1. The summed E-state index contributed by atoms with van der Waals surface area (Å²) >= 11 is 1.30. The molecule has 0 fully saturated rings. The van der Waals surface area contributed by atoms with Gasteiger partial charge in [0.15, 0.2) is 0 Å². The number of anilines is 1. The second-order valence-corrected chi connectivity index (χ2v) is 8.00. The lowest BCUT2D eigenvalue weighted by Crippen LogP contribution is -2.37. The molecule has 4 rings (SSSR count). The van der Waals surface area contributed by atoms with Crippen molar-refractivity contribution in [2.75, 3.05) is 5.32 Å². The first kappa shape index (κ1) is 17.4. The lowest BCUT2D eigenvalue weighted by molar-refractivity contribution is -0.125. The van der Waals surface area contributed by atoms with Crippen molar-refractivity contribution in [1.29, 1.82) is 5.26 Å². The molecule has 1 amide bonds. The third-order valence-corrected chi connectivity index (χ3v) is 5.86. The van der Waals surface area contributed by atoms with Crippen molar-refractivity contribution < 1.29 is 4.79 Å². The van der Waals surface area contributed by atoms with Crippen LogP contribution < -0.4 is 5.32 Å². The van der Waals surface area contributed by atoms with E-state index in [2.05, 4.69) is 33.7 Å². The Morgan fingerprint density at radius 2 is 2.19 bits per heavy atom. The van der Waals surface area contributed by atoms with Gasteiger partial charge in [-0.2, -0.15) is 5.26 Å². The van der Waals surface area contributed by atoms with Crippen LogP contribution in [-0.2, 0) is 11.2 Å². The first-order valence-corrected chi connectivity index (χ1v) is 9.56. The monoisotopic (exact) mass is 374 g/mol. The van der Waals surface area contributed by atoms with Gasteiger partial charge in [-0.15, -0.1) is 10.2 Å². The zero-order valence-corrected chi connectivity index (χ0v) is 15.9. The zero-order chi connectivity index (χ0) is 19.0. The van der Waals surface area contributed by atoms with Gasteiger partial charge in [0.25, 0.3) is 0 Å². The number of aromatic nitrogens is 2. The van der Waals surface area contributed by atoms with E-state index in [9.17, 15) is 10.1 Å². The first-order chi connectivity index (χ1) is 13.0. The second kappa shape index (κ2) is 6.60. The molecule has 27 heavy (non-hydrogen) atoms. The van der Waals surface area contributed by atoms with Gasteiger partial charge >= 0.3 is 0 Å². The second-order valence-electron chi connectivity index (χ2n) is 7.16. The number of aryl methyl sites for hydroxylation is 1. The molecule has 0 bridgehead atoms. The summed E-state index contributed by atoms with van der Waals surface area (Å²) in [6.45, 7) is 4.03. The molecule has 2 atom stereocenters. The van der Waals surface area contributed by atoms with Gasteiger partial charge in [-0.3, -0.25) is 4.79 Å². The molecule has 1 aromatic heterocycles. The maximum absolute atomic E-state index is 13.3. The number of nitrogens with zero attached hydrogens (tertiary/aromatic N) is 3. The Morgan fingerprint density at radius 3 is 2.89 bits per heavy atom. The first-order valence-electron chi connectivity index (χ1n) is 8.68. The largest absolute Gasteiger partial charge is 0.300 e. The molecule has 1 heterocycles. The number of amides is 1. The van der Waals surface area contributed by atoms with Gasteiger partial charge in [-0.1, -0.05) is 47.2 Å². The molecule has 2 unspecified atom stereocenters. The predicted octanol–water partition coefficient (Wildman–Crippen LogP) is 4.05. The van der Waals surface area contributed by atoms with E-state index in [1.54, 1.807) is 5.51 Å². The van der Waals surface area contributed by atoms with Crippen LogP contribution in [0.4, 0.5) is 5.13 Å². The molecule has 1 N–H and O–H groups in total. The maximum Gasteiger partial charge on any atom is 0.233 e.